The number of hydrogen-bond donors (Lipinski definition) is 2. The number of nitrogens with two attached hydrogens (primary N) is 1. The highest BCUT2D eigenvalue weighted by molar-refractivity contribution is 7.89. The molecule has 0 aliphatic heterocycles. The van der Waals surface area contributed by atoms with Gasteiger partial charge < -0.3 is 9.73 Å². The fourth-order valence-corrected chi connectivity index (χ4v) is 5.22. The van der Waals surface area contributed by atoms with Gasteiger partial charge in [0, 0.05) is 22.8 Å². The molecule has 1 amide bonds. The summed E-state index contributed by atoms with van der Waals surface area (Å²) in [6.45, 7) is 0. The second kappa shape index (κ2) is 10.9. The van der Waals surface area contributed by atoms with Crippen LogP contribution in [0, 0.1) is 11.3 Å². The Bertz CT molecular complexity index is 1820. The van der Waals surface area contributed by atoms with E-state index in [-0.39, 0.29) is 16.4 Å². The van der Waals surface area contributed by atoms with Crippen molar-refractivity contribution in [1.82, 2.24) is 4.98 Å². The summed E-state index contributed by atoms with van der Waals surface area (Å²) in [5.41, 5.74) is 2.75. The van der Waals surface area contributed by atoms with Gasteiger partial charge in [-0.1, -0.05) is 59.9 Å². The molecule has 0 fully saturated rings. The summed E-state index contributed by atoms with van der Waals surface area (Å²) in [5, 5.41) is 19.0. The third-order valence-corrected chi connectivity index (χ3v) is 7.60. The molecule has 8 nitrogen and oxygen atoms in total. The van der Waals surface area contributed by atoms with E-state index in [2.05, 4.69) is 11.4 Å². The van der Waals surface area contributed by atoms with Crippen molar-refractivity contribution in [2.75, 3.05) is 5.32 Å². The normalized spacial score (nSPS) is 11.6. The molecule has 0 aliphatic rings. The van der Waals surface area contributed by atoms with Crippen LogP contribution in [-0.4, -0.2) is 19.3 Å². The monoisotopic (exact) mass is 552 g/mol. The summed E-state index contributed by atoms with van der Waals surface area (Å²) in [5.74, 6) is 0.609. The van der Waals surface area contributed by atoms with E-state index in [0.29, 0.717) is 38.4 Å². The van der Waals surface area contributed by atoms with Crippen LogP contribution in [0.25, 0.3) is 34.2 Å². The molecule has 10 heteroatoms. The molecular weight excluding hydrogens is 532 g/mol. The number of furan rings is 1. The number of thiazole rings is 1. The highest BCUT2D eigenvalue weighted by Crippen LogP contribution is 2.37. The molecule has 5 aromatic rings. The van der Waals surface area contributed by atoms with Crippen LogP contribution in [0.2, 0.25) is 0 Å². The first-order chi connectivity index (χ1) is 18.8. The standard InChI is InChI=1S/C29H20N4O4S2/c30-18-22(17-23-13-16-25(37-23)19-11-14-24(15-12-19)39(31,35)36)28-32-26(20-7-3-1-4-8-20)29(38-28)33-27(34)21-9-5-2-6-10-21/h1-17H,(H,33,34)(H2,31,35,36). The van der Waals surface area contributed by atoms with Gasteiger partial charge >= 0.3 is 0 Å². The minimum absolute atomic E-state index is 0.00200. The molecule has 2 aromatic heterocycles. The number of aromatic nitrogens is 1. The van der Waals surface area contributed by atoms with Crippen molar-refractivity contribution in [3.63, 3.8) is 0 Å². The number of rotatable bonds is 7. The summed E-state index contributed by atoms with van der Waals surface area (Å²) in [6.07, 6.45) is 1.57. The number of allylic oxidation sites excluding steroid dienone is 1. The molecule has 3 N–H and O–H groups in total. The number of carbonyl (C=O) groups is 1. The average Bonchev–Trinajstić information content (AvgIpc) is 3.59. The van der Waals surface area contributed by atoms with Gasteiger partial charge in [-0.2, -0.15) is 5.26 Å². The maximum atomic E-state index is 12.9. The molecule has 3 aromatic carbocycles. The molecule has 0 radical (unpaired) electrons. The molecular formula is C29H20N4O4S2. The fraction of sp³-hybridized carbons (Fsp3) is 0. The van der Waals surface area contributed by atoms with Crippen LogP contribution in [0.15, 0.2) is 106 Å². The zero-order valence-corrected chi connectivity index (χ0v) is 21.9. The van der Waals surface area contributed by atoms with E-state index in [1.165, 1.54) is 23.5 Å². The van der Waals surface area contributed by atoms with Crippen LogP contribution in [0.3, 0.4) is 0 Å². The third-order valence-electron chi connectivity index (χ3n) is 5.67. The van der Waals surface area contributed by atoms with E-state index >= 15 is 0 Å². The molecule has 192 valence electrons. The number of nitriles is 1. The van der Waals surface area contributed by atoms with E-state index in [9.17, 15) is 18.5 Å². The molecule has 0 unspecified atom stereocenters. The smallest absolute Gasteiger partial charge is 0.256 e. The van der Waals surface area contributed by atoms with Crippen molar-refractivity contribution in [3.8, 4) is 28.7 Å². The van der Waals surface area contributed by atoms with Gasteiger partial charge in [-0.05, 0) is 48.5 Å². The van der Waals surface area contributed by atoms with Crippen LogP contribution >= 0.6 is 11.3 Å². The number of sulfonamides is 1. The number of carbonyl (C=O) groups excluding carboxylic acids is 1. The Labute approximate surface area is 228 Å². The van der Waals surface area contributed by atoms with Gasteiger partial charge in [0.15, 0.2) is 0 Å². The lowest BCUT2D eigenvalue weighted by Crippen LogP contribution is -2.11. The first kappa shape index (κ1) is 25.8. The van der Waals surface area contributed by atoms with Crippen molar-refractivity contribution in [1.29, 1.82) is 5.26 Å². The quantitative estimate of drug-likeness (QED) is 0.236. The van der Waals surface area contributed by atoms with Gasteiger partial charge in [-0.3, -0.25) is 4.79 Å². The average molecular weight is 553 g/mol. The number of nitrogens with zero attached hydrogens (tertiary/aromatic N) is 2. The molecule has 0 saturated heterocycles. The lowest BCUT2D eigenvalue weighted by atomic mass is 10.1. The maximum Gasteiger partial charge on any atom is 0.256 e. The highest BCUT2D eigenvalue weighted by atomic mass is 32.2. The van der Waals surface area contributed by atoms with Gasteiger partial charge in [-0.15, -0.1) is 0 Å². The Hall–Kier alpha value is -4.82. The van der Waals surface area contributed by atoms with Crippen LogP contribution < -0.4 is 10.5 Å². The Balaban J connectivity index is 1.47. The van der Waals surface area contributed by atoms with E-state index in [0.717, 1.165) is 5.56 Å². The molecule has 0 bridgehead atoms. The Morgan fingerprint density at radius 2 is 1.59 bits per heavy atom. The number of primary sulfonamides is 1. The predicted octanol–water partition coefficient (Wildman–Crippen LogP) is 6.03. The van der Waals surface area contributed by atoms with Crippen LogP contribution in [-0.2, 0) is 10.0 Å². The summed E-state index contributed by atoms with van der Waals surface area (Å²) in [6, 6.07) is 29.8. The number of amides is 1. The summed E-state index contributed by atoms with van der Waals surface area (Å²) in [7, 11) is -3.80. The lowest BCUT2D eigenvalue weighted by molar-refractivity contribution is 0.102. The molecule has 39 heavy (non-hydrogen) atoms. The van der Waals surface area contributed by atoms with Crippen molar-refractivity contribution in [2.45, 2.75) is 4.90 Å². The Morgan fingerprint density at radius 1 is 0.923 bits per heavy atom. The second-order valence-corrected chi connectivity index (χ2v) is 10.9. The molecule has 5 rings (SSSR count). The van der Waals surface area contributed by atoms with Crippen LogP contribution in [0.1, 0.15) is 21.1 Å². The zero-order chi connectivity index (χ0) is 27.4. The molecule has 0 atom stereocenters. The zero-order valence-electron chi connectivity index (χ0n) is 20.2. The molecule has 2 heterocycles. The number of nitrogens with one attached hydrogen (secondary N) is 1. The second-order valence-electron chi connectivity index (χ2n) is 8.32. The Kier molecular flexibility index (Phi) is 7.21. The molecule has 0 spiro atoms. The molecule has 0 saturated carbocycles. The van der Waals surface area contributed by atoms with Gasteiger partial charge in [0.25, 0.3) is 5.91 Å². The summed E-state index contributed by atoms with van der Waals surface area (Å²) < 4.78 is 28.9. The van der Waals surface area contributed by atoms with Gasteiger partial charge in [-0.25, -0.2) is 18.5 Å². The SMILES string of the molecule is N#CC(=Cc1ccc(-c2ccc(S(N)(=O)=O)cc2)o1)c1nc(-c2ccccc2)c(NC(=O)c2ccccc2)s1. The summed E-state index contributed by atoms with van der Waals surface area (Å²) in [4.78, 5) is 17.6. The first-order valence-corrected chi connectivity index (χ1v) is 14.0. The predicted molar refractivity (Wildman–Crippen MR) is 151 cm³/mol. The number of hydrogen-bond acceptors (Lipinski definition) is 7. The Morgan fingerprint density at radius 3 is 2.23 bits per heavy atom. The van der Waals surface area contributed by atoms with Gasteiger partial charge in [0.05, 0.1) is 10.5 Å². The van der Waals surface area contributed by atoms with Crippen LogP contribution in [0.5, 0.6) is 0 Å². The van der Waals surface area contributed by atoms with E-state index in [1.54, 1.807) is 54.6 Å². The van der Waals surface area contributed by atoms with E-state index in [1.807, 2.05) is 36.4 Å². The number of benzene rings is 3. The van der Waals surface area contributed by atoms with E-state index < -0.39 is 10.0 Å². The lowest BCUT2D eigenvalue weighted by Gasteiger charge is -2.05. The molecule has 0 aliphatic carbocycles. The van der Waals surface area contributed by atoms with Crippen LogP contribution in [0.4, 0.5) is 5.00 Å². The maximum absolute atomic E-state index is 12.9. The van der Waals surface area contributed by atoms with Crippen molar-refractivity contribution >= 4 is 43.9 Å². The van der Waals surface area contributed by atoms with Gasteiger partial charge in [0.2, 0.25) is 10.0 Å². The topological polar surface area (TPSA) is 139 Å². The largest absolute Gasteiger partial charge is 0.457 e. The highest BCUT2D eigenvalue weighted by Gasteiger charge is 2.19. The van der Waals surface area contributed by atoms with Crippen molar-refractivity contribution in [3.05, 3.63) is 113 Å². The first-order valence-electron chi connectivity index (χ1n) is 11.6. The van der Waals surface area contributed by atoms with Crippen molar-refractivity contribution < 1.29 is 17.6 Å². The fourth-order valence-electron chi connectivity index (χ4n) is 3.76. The minimum Gasteiger partial charge on any atom is -0.457 e. The minimum atomic E-state index is -3.80. The third kappa shape index (κ3) is 5.86. The number of anilines is 1. The summed E-state index contributed by atoms with van der Waals surface area (Å²) >= 11 is 1.19. The van der Waals surface area contributed by atoms with Gasteiger partial charge in [0.1, 0.15) is 33.3 Å². The van der Waals surface area contributed by atoms with Crippen molar-refractivity contribution in [2.24, 2.45) is 5.14 Å². The van der Waals surface area contributed by atoms with E-state index in [4.69, 9.17) is 14.5 Å².